The Morgan fingerprint density at radius 2 is 2.15 bits per heavy atom. The largest absolute Gasteiger partial charge is 0.493 e. The molecule has 0 aromatic heterocycles. The number of halogens is 1. The SMILES string of the molecule is C[C@@H]1C[C@H](N)CCN1C(=O)CCOc1ccc(F)cc1. The molecular formula is C15H21FN2O2. The topological polar surface area (TPSA) is 55.6 Å². The van der Waals surface area contributed by atoms with Crippen molar-refractivity contribution in [2.45, 2.75) is 38.3 Å². The summed E-state index contributed by atoms with van der Waals surface area (Å²) in [5.74, 6) is 0.367. The van der Waals surface area contributed by atoms with Gasteiger partial charge in [0.05, 0.1) is 13.0 Å². The predicted molar refractivity (Wildman–Crippen MR) is 74.9 cm³/mol. The summed E-state index contributed by atoms with van der Waals surface area (Å²) in [5.41, 5.74) is 5.88. The van der Waals surface area contributed by atoms with Gasteiger partial charge in [-0.25, -0.2) is 4.39 Å². The molecule has 0 bridgehead atoms. The molecule has 2 rings (SSSR count). The minimum atomic E-state index is -0.299. The molecule has 2 N–H and O–H groups in total. The molecule has 0 radical (unpaired) electrons. The lowest BCUT2D eigenvalue weighted by Gasteiger charge is -2.36. The van der Waals surface area contributed by atoms with Gasteiger partial charge in [-0.15, -0.1) is 0 Å². The van der Waals surface area contributed by atoms with Crippen LogP contribution in [0.2, 0.25) is 0 Å². The first-order chi connectivity index (χ1) is 9.56. The lowest BCUT2D eigenvalue weighted by atomic mass is 9.99. The molecule has 1 fully saturated rings. The fraction of sp³-hybridized carbons (Fsp3) is 0.533. The number of nitrogens with two attached hydrogens (primary N) is 1. The minimum absolute atomic E-state index is 0.0894. The number of rotatable bonds is 4. The van der Waals surface area contributed by atoms with E-state index in [1.165, 1.54) is 12.1 Å². The van der Waals surface area contributed by atoms with Gasteiger partial charge >= 0.3 is 0 Å². The molecule has 0 spiro atoms. The number of carbonyl (C=O) groups excluding carboxylic acids is 1. The number of benzene rings is 1. The maximum Gasteiger partial charge on any atom is 0.226 e. The molecule has 0 saturated carbocycles. The van der Waals surface area contributed by atoms with Crippen LogP contribution in [0.15, 0.2) is 24.3 Å². The Hall–Kier alpha value is -1.62. The van der Waals surface area contributed by atoms with Crippen LogP contribution in [0.25, 0.3) is 0 Å². The van der Waals surface area contributed by atoms with Crippen LogP contribution in [0.1, 0.15) is 26.2 Å². The highest BCUT2D eigenvalue weighted by Crippen LogP contribution is 2.17. The Morgan fingerprint density at radius 3 is 2.80 bits per heavy atom. The fourth-order valence-corrected chi connectivity index (χ4v) is 2.51. The molecule has 4 nitrogen and oxygen atoms in total. The van der Waals surface area contributed by atoms with Gasteiger partial charge in [-0.2, -0.15) is 0 Å². The maximum atomic E-state index is 12.7. The first-order valence-corrected chi connectivity index (χ1v) is 6.99. The molecule has 0 unspecified atom stereocenters. The quantitative estimate of drug-likeness (QED) is 0.917. The number of hydrogen-bond acceptors (Lipinski definition) is 3. The van der Waals surface area contributed by atoms with Crippen LogP contribution >= 0.6 is 0 Å². The van der Waals surface area contributed by atoms with Crippen molar-refractivity contribution in [3.8, 4) is 5.75 Å². The van der Waals surface area contributed by atoms with Gasteiger partial charge in [0, 0.05) is 18.6 Å². The number of likely N-dealkylation sites (tertiary alicyclic amines) is 1. The Morgan fingerprint density at radius 1 is 1.45 bits per heavy atom. The number of nitrogens with zero attached hydrogens (tertiary/aromatic N) is 1. The Labute approximate surface area is 118 Å². The summed E-state index contributed by atoms with van der Waals surface area (Å²) in [7, 11) is 0. The highest BCUT2D eigenvalue weighted by molar-refractivity contribution is 5.76. The Kier molecular flexibility index (Phi) is 4.95. The molecule has 1 amide bonds. The third kappa shape index (κ3) is 3.93. The van der Waals surface area contributed by atoms with Crippen LogP contribution in [-0.2, 0) is 4.79 Å². The summed E-state index contributed by atoms with van der Waals surface area (Å²) in [6.45, 7) is 3.05. The molecule has 1 aliphatic rings. The standard InChI is InChI=1S/C15H21FN2O2/c1-11-10-13(17)6-8-18(11)15(19)7-9-20-14-4-2-12(16)3-5-14/h2-5,11,13H,6-10,17H2,1H3/t11-,13-/m1/s1. The zero-order valence-electron chi connectivity index (χ0n) is 11.7. The van der Waals surface area contributed by atoms with E-state index >= 15 is 0 Å². The molecule has 5 heteroatoms. The van der Waals surface area contributed by atoms with Gasteiger partial charge in [0.2, 0.25) is 5.91 Å². The second kappa shape index (κ2) is 6.70. The van der Waals surface area contributed by atoms with Crippen LogP contribution in [0.5, 0.6) is 5.75 Å². The molecule has 2 atom stereocenters. The number of ether oxygens (including phenoxy) is 1. The smallest absolute Gasteiger partial charge is 0.226 e. The van der Waals surface area contributed by atoms with E-state index in [0.29, 0.717) is 18.8 Å². The van der Waals surface area contributed by atoms with Gasteiger partial charge in [0.15, 0.2) is 0 Å². The number of carbonyl (C=O) groups is 1. The van der Waals surface area contributed by atoms with Crippen molar-refractivity contribution in [3.63, 3.8) is 0 Å². The van der Waals surface area contributed by atoms with Gasteiger partial charge in [-0.1, -0.05) is 0 Å². The van der Waals surface area contributed by atoms with Crippen molar-refractivity contribution in [1.82, 2.24) is 4.90 Å². The lowest BCUT2D eigenvalue weighted by Crippen LogP contribution is -2.48. The van der Waals surface area contributed by atoms with Gasteiger partial charge < -0.3 is 15.4 Å². The first-order valence-electron chi connectivity index (χ1n) is 6.99. The molecule has 1 aromatic rings. The first kappa shape index (κ1) is 14.8. The summed E-state index contributed by atoms with van der Waals surface area (Å²) in [6, 6.07) is 6.18. The van der Waals surface area contributed by atoms with Gasteiger partial charge in [-0.05, 0) is 44.0 Å². The van der Waals surface area contributed by atoms with E-state index in [4.69, 9.17) is 10.5 Å². The molecule has 1 saturated heterocycles. The molecule has 1 heterocycles. The number of hydrogen-bond donors (Lipinski definition) is 1. The van der Waals surface area contributed by atoms with Gasteiger partial charge in [0.25, 0.3) is 0 Å². The second-order valence-corrected chi connectivity index (χ2v) is 5.27. The third-order valence-electron chi connectivity index (χ3n) is 3.64. The fourth-order valence-electron chi connectivity index (χ4n) is 2.51. The zero-order valence-corrected chi connectivity index (χ0v) is 11.7. The van der Waals surface area contributed by atoms with Crippen LogP contribution in [0.4, 0.5) is 4.39 Å². The Balaban J connectivity index is 1.76. The van der Waals surface area contributed by atoms with E-state index < -0.39 is 0 Å². The van der Waals surface area contributed by atoms with Crippen molar-refractivity contribution < 1.29 is 13.9 Å². The van der Waals surface area contributed by atoms with Gasteiger partial charge in [-0.3, -0.25) is 4.79 Å². The van der Waals surface area contributed by atoms with E-state index in [-0.39, 0.29) is 23.8 Å². The molecule has 20 heavy (non-hydrogen) atoms. The molecule has 0 aliphatic carbocycles. The molecular weight excluding hydrogens is 259 g/mol. The molecule has 1 aromatic carbocycles. The van der Waals surface area contributed by atoms with E-state index in [1.54, 1.807) is 12.1 Å². The van der Waals surface area contributed by atoms with Crippen molar-refractivity contribution in [2.24, 2.45) is 5.73 Å². The predicted octanol–water partition coefficient (Wildman–Crippen LogP) is 1.93. The number of piperidine rings is 1. The molecule has 110 valence electrons. The van der Waals surface area contributed by atoms with E-state index in [9.17, 15) is 9.18 Å². The molecule has 1 aliphatic heterocycles. The average Bonchev–Trinajstić information content (AvgIpc) is 2.41. The third-order valence-corrected chi connectivity index (χ3v) is 3.64. The number of amides is 1. The lowest BCUT2D eigenvalue weighted by molar-refractivity contribution is -0.135. The Bertz CT molecular complexity index is 450. The zero-order chi connectivity index (χ0) is 14.5. The van der Waals surface area contributed by atoms with Crippen molar-refractivity contribution in [1.29, 1.82) is 0 Å². The second-order valence-electron chi connectivity index (χ2n) is 5.27. The van der Waals surface area contributed by atoms with Gasteiger partial charge in [0.1, 0.15) is 11.6 Å². The maximum absolute atomic E-state index is 12.7. The van der Waals surface area contributed by atoms with Crippen LogP contribution in [0.3, 0.4) is 0 Å². The van der Waals surface area contributed by atoms with E-state index in [1.807, 2.05) is 11.8 Å². The summed E-state index contributed by atoms with van der Waals surface area (Å²) in [6.07, 6.45) is 2.04. The normalized spacial score (nSPS) is 22.6. The summed E-state index contributed by atoms with van der Waals surface area (Å²) in [5, 5.41) is 0. The van der Waals surface area contributed by atoms with E-state index in [0.717, 1.165) is 19.4 Å². The summed E-state index contributed by atoms with van der Waals surface area (Å²) >= 11 is 0. The van der Waals surface area contributed by atoms with Crippen molar-refractivity contribution in [2.75, 3.05) is 13.2 Å². The van der Waals surface area contributed by atoms with Crippen LogP contribution < -0.4 is 10.5 Å². The summed E-state index contributed by atoms with van der Waals surface area (Å²) < 4.78 is 18.2. The van der Waals surface area contributed by atoms with Crippen LogP contribution in [0, 0.1) is 5.82 Å². The monoisotopic (exact) mass is 280 g/mol. The van der Waals surface area contributed by atoms with E-state index in [2.05, 4.69) is 0 Å². The highest BCUT2D eigenvalue weighted by Gasteiger charge is 2.26. The summed E-state index contributed by atoms with van der Waals surface area (Å²) in [4.78, 5) is 14.0. The van der Waals surface area contributed by atoms with Crippen molar-refractivity contribution >= 4 is 5.91 Å². The highest BCUT2D eigenvalue weighted by atomic mass is 19.1. The average molecular weight is 280 g/mol. The van der Waals surface area contributed by atoms with Crippen LogP contribution in [-0.4, -0.2) is 36.0 Å². The minimum Gasteiger partial charge on any atom is -0.493 e. The van der Waals surface area contributed by atoms with Crippen molar-refractivity contribution in [3.05, 3.63) is 30.1 Å².